The van der Waals surface area contributed by atoms with E-state index in [2.05, 4.69) is 15.3 Å². The van der Waals surface area contributed by atoms with Gasteiger partial charge < -0.3 is 10.1 Å². The van der Waals surface area contributed by atoms with Crippen molar-refractivity contribution < 1.29 is 13.2 Å². The Morgan fingerprint density at radius 1 is 1.32 bits per heavy atom. The lowest BCUT2D eigenvalue weighted by Gasteiger charge is -2.16. The minimum Gasteiger partial charge on any atom is -0.380 e. The second-order valence-electron chi connectivity index (χ2n) is 3.80. The van der Waals surface area contributed by atoms with Gasteiger partial charge in [0.25, 0.3) is 0 Å². The van der Waals surface area contributed by atoms with E-state index >= 15 is 0 Å². The Kier molecular flexibility index (Phi) is 6.13. The fourth-order valence-corrected chi connectivity index (χ4v) is 2.38. The van der Waals surface area contributed by atoms with Gasteiger partial charge in [0.1, 0.15) is 4.90 Å². The van der Waals surface area contributed by atoms with E-state index in [1.54, 1.807) is 0 Å². The lowest BCUT2D eigenvalue weighted by Crippen LogP contribution is -2.30. The first-order chi connectivity index (χ1) is 9.02. The third-order valence-electron chi connectivity index (χ3n) is 2.43. The van der Waals surface area contributed by atoms with Gasteiger partial charge in [0.05, 0.1) is 19.0 Å². The highest BCUT2D eigenvalue weighted by Gasteiger charge is 2.21. The van der Waals surface area contributed by atoms with Gasteiger partial charge in [-0.05, 0) is 13.8 Å². The first-order valence-corrected chi connectivity index (χ1v) is 7.56. The summed E-state index contributed by atoms with van der Waals surface area (Å²) in [5.74, 6) is 0.415. The molecule has 0 aliphatic heterocycles. The van der Waals surface area contributed by atoms with E-state index in [1.165, 1.54) is 23.7 Å². The van der Waals surface area contributed by atoms with Crippen LogP contribution in [-0.4, -0.2) is 56.0 Å². The molecular formula is C11H20N4O3S. The number of aromatic nitrogens is 2. The van der Waals surface area contributed by atoms with E-state index in [0.29, 0.717) is 32.3 Å². The lowest BCUT2D eigenvalue weighted by molar-refractivity contribution is 0.138. The molecule has 0 aliphatic rings. The largest absolute Gasteiger partial charge is 0.380 e. The molecule has 0 atom stereocenters. The van der Waals surface area contributed by atoms with E-state index in [9.17, 15) is 8.42 Å². The molecule has 0 bridgehead atoms. The van der Waals surface area contributed by atoms with Crippen molar-refractivity contribution in [2.75, 3.05) is 38.7 Å². The highest BCUT2D eigenvalue weighted by Crippen LogP contribution is 2.12. The van der Waals surface area contributed by atoms with Crippen molar-refractivity contribution in [2.45, 2.75) is 18.7 Å². The minimum atomic E-state index is -3.55. The number of anilines is 1. The van der Waals surface area contributed by atoms with Crippen molar-refractivity contribution >= 4 is 16.0 Å². The predicted octanol–water partition coefficient (Wildman–Crippen LogP) is 0.565. The van der Waals surface area contributed by atoms with E-state index in [0.717, 1.165) is 0 Å². The lowest BCUT2D eigenvalue weighted by atomic mass is 10.6. The van der Waals surface area contributed by atoms with Gasteiger partial charge in [0, 0.05) is 26.7 Å². The monoisotopic (exact) mass is 288 g/mol. The van der Waals surface area contributed by atoms with Crippen molar-refractivity contribution in [2.24, 2.45) is 0 Å². The fourth-order valence-electron chi connectivity index (χ4n) is 1.34. The molecule has 1 rings (SSSR count). The molecule has 0 spiro atoms. The summed E-state index contributed by atoms with van der Waals surface area (Å²) in [6, 6.07) is 0. The molecule has 1 N–H and O–H groups in total. The molecule has 8 heteroatoms. The van der Waals surface area contributed by atoms with Crippen LogP contribution in [0.25, 0.3) is 0 Å². The third-order valence-corrected chi connectivity index (χ3v) is 4.24. The van der Waals surface area contributed by atoms with Crippen LogP contribution < -0.4 is 5.32 Å². The number of hydrogen-bond acceptors (Lipinski definition) is 6. The summed E-state index contributed by atoms with van der Waals surface area (Å²) in [6.45, 7) is 5.68. The van der Waals surface area contributed by atoms with Crippen LogP contribution in [0.2, 0.25) is 0 Å². The molecule has 0 amide bonds. The minimum absolute atomic E-state index is 0.0770. The van der Waals surface area contributed by atoms with E-state index in [4.69, 9.17) is 4.74 Å². The van der Waals surface area contributed by atoms with Crippen molar-refractivity contribution in [1.29, 1.82) is 0 Å². The predicted molar refractivity (Wildman–Crippen MR) is 72.5 cm³/mol. The Morgan fingerprint density at radius 3 is 2.47 bits per heavy atom. The molecule has 19 heavy (non-hydrogen) atoms. The fraction of sp³-hybridized carbons (Fsp3) is 0.636. The van der Waals surface area contributed by atoms with Gasteiger partial charge in [-0.2, -0.15) is 4.31 Å². The Balaban J connectivity index is 2.75. The average Bonchev–Trinajstić information content (AvgIpc) is 2.40. The van der Waals surface area contributed by atoms with Crippen molar-refractivity contribution in [3.05, 3.63) is 12.4 Å². The number of nitrogens with zero attached hydrogens (tertiary/aromatic N) is 3. The van der Waals surface area contributed by atoms with Crippen LogP contribution in [0, 0.1) is 0 Å². The number of hydrogen-bond donors (Lipinski definition) is 1. The maximum Gasteiger partial charge on any atom is 0.245 e. The molecule has 0 aromatic carbocycles. The second-order valence-corrected chi connectivity index (χ2v) is 5.84. The van der Waals surface area contributed by atoms with Crippen LogP contribution in [-0.2, 0) is 14.8 Å². The summed E-state index contributed by atoms with van der Waals surface area (Å²) in [5, 5.41) is 2.91. The van der Waals surface area contributed by atoms with Crippen molar-refractivity contribution in [1.82, 2.24) is 14.3 Å². The Morgan fingerprint density at radius 2 is 1.95 bits per heavy atom. The molecular weight excluding hydrogens is 268 g/mol. The SMILES string of the molecule is CCNc1ncc(S(=O)(=O)N(C)CCOCC)cn1. The zero-order valence-corrected chi connectivity index (χ0v) is 12.3. The molecule has 108 valence electrons. The maximum absolute atomic E-state index is 12.2. The maximum atomic E-state index is 12.2. The van der Waals surface area contributed by atoms with E-state index in [-0.39, 0.29) is 4.90 Å². The smallest absolute Gasteiger partial charge is 0.245 e. The van der Waals surface area contributed by atoms with Gasteiger partial charge in [0.15, 0.2) is 0 Å². The first-order valence-electron chi connectivity index (χ1n) is 6.12. The van der Waals surface area contributed by atoms with Gasteiger partial charge in [-0.3, -0.25) is 0 Å². The first kappa shape index (κ1) is 15.8. The van der Waals surface area contributed by atoms with Crippen LogP contribution in [0.4, 0.5) is 5.95 Å². The van der Waals surface area contributed by atoms with Gasteiger partial charge in [-0.15, -0.1) is 0 Å². The van der Waals surface area contributed by atoms with Crippen LogP contribution in [0.5, 0.6) is 0 Å². The van der Waals surface area contributed by atoms with Crippen LogP contribution in [0.1, 0.15) is 13.8 Å². The summed E-state index contributed by atoms with van der Waals surface area (Å²) < 4.78 is 30.7. The molecule has 1 aromatic rings. The van der Waals surface area contributed by atoms with Gasteiger partial charge in [-0.1, -0.05) is 0 Å². The Bertz CT molecular complexity index is 475. The van der Waals surface area contributed by atoms with Gasteiger partial charge in [-0.25, -0.2) is 18.4 Å². The Labute approximate surface area is 114 Å². The zero-order valence-electron chi connectivity index (χ0n) is 11.5. The highest BCUT2D eigenvalue weighted by atomic mass is 32.2. The molecule has 1 heterocycles. The van der Waals surface area contributed by atoms with Crippen LogP contribution in [0.15, 0.2) is 17.3 Å². The van der Waals surface area contributed by atoms with Crippen molar-refractivity contribution in [3.63, 3.8) is 0 Å². The Hall–Kier alpha value is -1.25. The summed E-state index contributed by atoms with van der Waals surface area (Å²) in [7, 11) is -2.04. The molecule has 0 aliphatic carbocycles. The molecule has 1 aromatic heterocycles. The highest BCUT2D eigenvalue weighted by molar-refractivity contribution is 7.89. The summed E-state index contributed by atoms with van der Waals surface area (Å²) in [4.78, 5) is 7.99. The quantitative estimate of drug-likeness (QED) is 0.704. The van der Waals surface area contributed by atoms with Crippen LogP contribution >= 0.6 is 0 Å². The topological polar surface area (TPSA) is 84.4 Å². The second kappa shape index (κ2) is 7.37. The number of sulfonamides is 1. The normalized spacial score (nSPS) is 11.8. The standard InChI is InChI=1S/C11H20N4O3S/c1-4-12-11-13-8-10(9-14-11)19(16,17)15(3)6-7-18-5-2/h8-9H,4-7H2,1-3H3,(H,12,13,14). The number of nitrogens with one attached hydrogen (secondary N) is 1. The summed E-state index contributed by atoms with van der Waals surface area (Å²) in [5.41, 5.74) is 0. The number of likely N-dealkylation sites (N-methyl/N-ethyl adjacent to an activating group) is 1. The van der Waals surface area contributed by atoms with Gasteiger partial charge >= 0.3 is 0 Å². The number of ether oxygens (including phenoxy) is 1. The molecule has 0 fully saturated rings. The van der Waals surface area contributed by atoms with Crippen molar-refractivity contribution in [3.8, 4) is 0 Å². The zero-order chi connectivity index (χ0) is 14.3. The molecule has 0 unspecified atom stereocenters. The third kappa shape index (κ3) is 4.41. The van der Waals surface area contributed by atoms with Gasteiger partial charge in [0.2, 0.25) is 16.0 Å². The molecule has 7 nitrogen and oxygen atoms in total. The van der Waals surface area contributed by atoms with Crippen LogP contribution in [0.3, 0.4) is 0 Å². The molecule has 0 radical (unpaired) electrons. The molecule has 0 saturated carbocycles. The summed E-state index contributed by atoms with van der Waals surface area (Å²) >= 11 is 0. The summed E-state index contributed by atoms with van der Waals surface area (Å²) in [6.07, 6.45) is 2.61. The molecule has 0 saturated heterocycles. The van der Waals surface area contributed by atoms with E-state index in [1.807, 2.05) is 13.8 Å². The number of rotatable bonds is 8. The van der Waals surface area contributed by atoms with E-state index < -0.39 is 10.0 Å². The average molecular weight is 288 g/mol.